The quantitative estimate of drug-likeness (QED) is 0.613. The summed E-state index contributed by atoms with van der Waals surface area (Å²) in [4.78, 5) is 0. The molecule has 0 aliphatic rings. The Balaban J connectivity index is 2.84. The van der Waals surface area contributed by atoms with Gasteiger partial charge in [0.05, 0.1) is 5.52 Å². The monoisotopic (exact) mass is 176 g/mol. The summed E-state index contributed by atoms with van der Waals surface area (Å²) in [5.74, 6) is 2.51. The maximum absolute atomic E-state index is 5.77. The average Bonchev–Trinajstić information content (AvgIpc) is 2.46. The molecule has 12 heavy (non-hydrogen) atoms. The molecule has 0 bridgehead atoms. The normalized spacial score (nSPS) is 10.0. The van der Waals surface area contributed by atoms with Crippen molar-refractivity contribution in [1.29, 1.82) is 0 Å². The molecule has 0 saturated carbocycles. The van der Waals surface area contributed by atoms with Crippen molar-refractivity contribution in [2.24, 2.45) is 0 Å². The predicted molar refractivity (Wildman–Crippen MR) is 49.0 cm³/mol. The molecule has 0 amide bonds. The first kappa shape index (κ1) is 7.20. The predicted octanol–water partition coefficient (Wildman–Crippen LogP) is 2.20. The summed E-state index contributed by atoms with van der Waals surface area (Å²) in [7, 11) is 0. The molecule has 1 heterocycles. The van der Waals surface area contributed by atoms with E-state index in [1.807, 2.05) is 6.07 Å². The van der Waals surface area contributed by atoms with Crippen LogP contribution in [0.5, 0.6) is 0 Å². The molecule has 0 spiro atoms. The van der Waals surface area contributed by atoms with Crippen molar-refractivity contribution in [2.75, 3.05) is 0 Å². The Morgan fingerprint density at radius 2 is 2.33 bits per heavy atom. The number of terminal acetylenes is 1. The molecule has 1 N–H and O–H groups in total. The Bertz CT molecular complexity index is 465. The highest BCUT2D eigenvalue weighted by Gasteiger charge is 2.01. The molecule has 1 aromatic carbocycles. The van der Waals surface area contributed by atoms with Crippen molar-refractivity contribution >= 4 is 22.5 Å². The van der Waals surface area contributed by atoms with Crippen LogP contribution >= 0.6 is 11.6 Å². The summed E-state index contributed by atoms with van der Waals surface area (Å²) < 4.78 is 0. The second-order valence-electron chi connectivity index (χ2n) is 2.40. The number of rotatable bonds is 0. The molecule has 0 atom stereocenters. The number of benzene rings is 1. The second-order valence-corrected chi connectivity index (χ2v) is 2.84. The number of halogens is 1. The first-order valence-corrected chi connectivity index (χ1v) is 3.79. The van der Waals surface area contributed by atoms with Gasteiger partial charge in [0.2, 0.25) is 0 Å². The molecule has 0 aliphatic heterocycles. The standard InChI is InChI=1S/C9H5ClN2/c1-2-8-7-4-3-6(10)5-9(7)12-11-8/h1,3-5H,(H,11,12). The molecule has 0 fully saturated rings. The van der Waals surface area contributed by atoms with Gasteiger partial charge in [0, 0.05) is 10.4 Å². The molecule has 2 rings (SSSR count). The van der Waals surface area contributed by atoms with E-state index in [1.54, 1.807) is 12.1 Å². The first-order chi connectivity index (χ1) is 5.81. The molecular weight excluding hydrogens is 172 g/mol. The van der Waals surface area contributed by atoms with E-state index in [0.29, 0.717) is 10.7 Å². The van der Waals surface area contributed by atoms with Gasteiger partial charge in [-0.15, -0.1) is 6.42 Å². The Hall–Kier alpha value is -1.46. The zero-order valence-electron chi connectivity index (χ0n) is 6.13. The van der Waals surface area contributed by atoms with Crippen molar-refractivity contribution < 1.29 is 0 Å². The molecule has 3 heteroatoms. The Labute approximate surface area is 74.5 Å². The SMILES string of the molecule is C#Cc1[nH]nc2cc(Cl)ccc12. The lowest BCUT2D eigenvalue weighted by atomic mass is 10.2. The van der Waals surface area contributed by atoms with Crippen LogP contribution < -0.4 is 0 Å². The van der Waals surface area contributed by atoms with E-state index in [4.69, 9.17) is 18.0 Å². The number of hydrogen-bond acceptors (Lipinski definition) is 1. The van der Waals surface area contributed by atoms with Crippen LogP contribution in [-0.4, -0.2) is 10.2 Å². The lowest BCUT2D eigenvalue weighted by Gasteiger charge is -1.88. The average molecular weight is 177 g/mol. The third-order valence-corrected chi connectivity index (χ3v) is 1.90. The Morgan fingerprint density at radius 3 is 3.08 bits per heavy atom. The van der Waals surface area contributed by atoms with Crippen molar-refractivity contribution in [3.8, 4) is 12.3 Å². The number of aromatic nitrogens is 2. The lowest BCUT2D eigenvalue weighted by Crippen LogP contribution is -1.71. The molecule has 0 aliphatic carbocycles. The zero-order valence-corrected chi connectivity index (χ0v) is 6.89. The largest absolute Gasteiger partial charge is 0.269 e. The lowest BCUT2D eigenvalue weighted by molar-refractivity contribution is 1.10. The van der Waals surface area contributed by atoms with Crippen LogP contribution in [0.25, 0.3) is 10.9 Å². The minimum absolute atomic E-state index is 0.664. The highest BCUT2D eigenvalue weighted by molar-refractivity contribution is 6.31. The van der Waals surface area contributed by atoms with E-state index in [2.05, 4.69) is 16.1 Å². The highest BCUT2D eigenvalue weighted by Crippen LogP contribution is 2.19. The maximum Gasteiger partial charge on any atom is 0.115 e. The summed E-state index contributed by atoms with van der Waals surface area (Å²) in [5, 5.41) is 8.34. The molecule has 0 radical (unpaired) electrons. The van der Waals surface area contributed by atoms with Crippen LogP contribution in [0, 0.1) is 12.3 Å². The van der Waals surface area contributed by atoms with Gasteiger partial charge in [-0.1, -0.05) is 17.5 Å². The second kappa shape index (κ2) is 2.54. The minimum atomic E-state index is 0.664. The van der Waals surface area contributed by atoms with Gasteiger partial charge in [0.15, 0.2) is 0 Å². The van der Waals surface area contributed by atoms with Crippen LogP contribution in [0.4, 0.5) is 0 Å². The van der Waals surface area contributed by atoms with Gasteiger partial charge < -0.3 is 0 Å². The number of nitrogens with zero attached hydrogens (tertiary/aromatic N) is 1. The van der Waals surface area contributed by atoms with Crippen LogP contribution in [-0.2, 0) is 0 Å². The van der Waals surface area contributed by atoms with Crippen molar-refractivity contribution in [2.45, 2.75) is 0 Å². The van der Waals surface area contributed by atoms with Gasteiger partial charge in [-0.05, 0) is 18.2 Å². The smallest absolute Gasteiger partial charge is 0.115 e. The van der Waals surface area contributed by atoms with Crippen LogP contribution in [0.2, 0.25) is 5.02 Å². The molecule has 0 unspecified atom stereocenters. The minimum Gasteiger partial charge on any atom is -0.269 e. The van der Waals surface area contributed by atoms with Crippen molar-refractivity contribution in [3.63, 3.8) is 0 Å². The van der Waals surface area contributed by atoms with Crippen molar-refractivity contribution in [3.05, 3.63) is 28.9 Å². The molecule has 2 aromatic rings. The maximum atomic E-state index is 5.77. The molecule has 58 valence electrons. The topological polar surface area (TPSA) is 28.7 Å². The van der Waals surface area contributed by atoms with Crippen molar-refractivity contribution in [1.82, 2.24) is 10.2 Å². The molecule has 1 aromatic heterocycles. The highest BCUT2D eigenvalue weighted by atomic mass is 35.5. The van der Waals surface area contributed by atoms with E-state index in [9.17, 15) is 0 Å². The van der Waals surface area contributed by atoms with E-state index in [-0.39, 0.29) is 0 Å². The molecule has 0 saturated heterocycles. The number of H-pyrrole nitrogens is 1. The summed E-state index contributed by atoms with van der Waals surface area (Å²) >= 11 is 5.77. The molecular formula is C9H5ClN2. The summed E-state index contributed by atoms with van der Waals surface area (Å²) in [6.45, 7) is 0. The van der Waals surface area contributed by atoms with E-state index in [1.165, 1.54) is 0 Å². The van der Waals surface area contributed by atoms with E-state index >= 15 is 0 Å². The van der Waals surface area contributed by atoms with Gasteiger partial charge >= 0.3 is 0 Å². The number of hydrogen-bond donors (Lipinski definition) is 1. The Kier molecular flexibility index (Phi) is 1.53. The number of nitrogens with one attached hydrogen (secondary N) is 1. The van der Waals surface area contributed by atoms with Gasteiger partial charge in [0.25, 0.3) is 0 Å². The summed E-state index contributed by atoms with van der Waals surface area (Å²) in [6, 6.07) is 5.42. The van der Waals surface area contributed by atoms with Gasteiger partial charge in [-0.25, -0.2) is 0 Å². The third-order valence-electron chi connectivity index (χ3n) is 1.66. The fourth-order valence-electron chi connectivity index (χ4n) is 1.10. The van der Waals surface area contributed by atoms with Crippen LogP contribution in [0.1, 0.15) is 5.69 Å². The van der Waals surface area contributed by atoms with Gasteiger partial charge in [0.1, 0.15) is 5.69 Å². The van der Waals surface area contributed by atoms with E-state index in [0.717, 1.165) is 10.9 Å². The Morgan fingerprint density at radius 1 is 1.50 bits per heavy atom. The third kappa shape index (κ3) is 0.956. The summed E-state index contributed by atoms with van der Waals surface area (Å²) in [5.41, 5.74) is 1.50. The fraction of sp³-hybridized carbons (Fsp3) is 0. The number of fused-ring (bicyclic) bond motifs is 1. The van der Waals surface area contributed by atoms with Gasteiger partial charge in [-0.3, -0.25) is 5.10 Å². The van der Waals surface area contributed by atoms with E-state index < -0.39 is 0 Å². The zero-order chi connectivity index (χ0) is 8.55. The first-order valence-electron chi connectivity index (χ1n) is 3.41. The van der Waals surface area contributed by atoms with Crippen LogP contribution in [0.3, 0.4) is 0 Å². The number of aromatic amines is 1. The molecule has 2 nitrogen and oxygen atoms in total. The fourth-order valence-corrected chi connectivity index (χ4v) is 1.26. The van der Waals surface area contributed by atoms with Crippen LogP contribution in [0.15, 0.2) is 18.2 Å². The van der Waals surface area contributed by atoms with Gasteiger partial charge in [-0.2, -0.15) is 5.10 Å². The summed E-state index contributed by atoms with van der Waals surface area (Å²) in [6.07, 6.45) is 5.24.